The first-order valence-corrected chi connectivity index (χ1v) is 4.71. The van der Waals surface area contributed by atoms with E-state index in [1.54, 1.807) is 31.6 Å². The minimum atomic E-state index is 0.880. The van der Waals surface area contributed by atoms with Crippen LogP contribution in [-0.2, 0) is 0 Å². The highest BCUT2D eigenvalue weighted by Crippen LogP contribution is 2.11. The Labute approximate surface area is 94.6 Å². The van der Waals surface area contributed by atoms with Gasteiger partial charge in [-0.2, -0.15) is 0 Å². The third-order valence-electron chi connectivity index (χ3n) is 1.76. The minimum Gasteiger partial charge on any atom is -0.497 e. The third-order valence-corrected chi connectivity index (χ3v) is 1.76. The van der Waals surface area contributed by atoms with E-state index in [1.807, 2.05) is 24.3 Å². The summed E-state index contributed by atoms with van der Waals surface area (Å²) in [5.74, 6) is 0.880. The SMILES string of the molecule is C=Cc1ccc(OC)cc1.c1cnnnc1. The quantitative estimate of drug-likeness (QED) is 0.770. The van der Waals surface area contributed by atoms with Gasteiger partial charge in [-0.25, -0.2) is 0 Å². The Morgan fingerprint density at radius 3 is 2.06 bits per heavy atom. The van der Waals surface area contributed by atoms with E-state index in [0.717, 1.165) is 11.3 Å². The molecular formula is C12H13N3O. The Morgan fingerprint density at radius 1 is 1.12 bits per heavy atom. The molecule has 0 N–H and O–H groups in total. The van der Waals surface area contributed by atoms with Crippen molar-refractivity contribution in [3.8, 4) is 5.75 Å². The van der Waals surface area contributed by atoms with Gasteiger partial charge in [-0.15, -0.1) is 10.2 Å². The van der Waals surface area contributed by atoms with E-state index in [-0.39, 0.29) is 0 Å². The van der Waals surface area contributed by atoms with Crippen molar-refractivity contribution in [2.24, 2.45) is 0 Å². The van der Waals surface area contributed by atoms with Crippen LogP contribution in [0.25, 0.3) is 6.08 Å². The highest BCUT2D eigenvalue weighted by Gasteiger charge is 1.87. The van der Waals surface area contributed by atoms with E-state index in [2.05, 4.69) is 22.0 Å². The minimum absolute atomic E-state index is 0.880. The van der Waals surface area contributed by atoms with Gasteiger partial charge in [0.25, 0.3) is 0 Å². The van der Waals surface area contributed by atoms with Gasteiger partial charge in [0.1, 0.15) is 5.75 Å². The lowest BCUT2D eigenvalue weighted by Crippen LogP contribution is -1.80. The normalized spacial score (nSPS) is 8.56. The zero-order valence-corrected chi connectivity index (χ0v) is 9.08. The van der Waals surface area contributed by atoms with Crippen molar-refractivity contribution < 1.29 is 4.74 Å². The fourth-order valence-electron chi connectivity index (χ4n) is 0.945. The first-order valence-electron chi connectivity index (χ1n) is 4.71. The number of hydrogen-bond donors (Lipinski definition) is 0. The summed E-state index contributed by atoms with van der Waals surface area (Å²) in [4.78, 5) is 0. The average Bonchev–Trinajstić information content (AvgIpc) is 2.41. The smallest absolute Gasteiger partial charge is 0.118 e. The summed E-state index contributed by atoms with van der Waals surface area (Å²) >= 11 is 0. The maximum Gasteiger partial charge on any atom is 0.118 e. The third kappa shape index (κ3) is 4.32. The van der Waals surface area contributed by atoms with E-state index in [9.17, 15) is 0 Å². The molecule has 0 saturated heterocycles. The highest BCUT2D eigenvalue weighted by molar-refractivity contribution is 5.48. The second-order valence-corrected chi connectivity index (χ2v) is 2.79. The monoisotopic (exact) mass is 215 g/mol. The van der Waals surface area contributed by atoms with E-state index in [0.29, 0.717) is 0 Å². The molecule has 1 heterocycles. The maximum absolute atomic E-state index is 4.98. The lowest BCUT2D eigenvalue weighted by Gasteiger charge is -1.97. The van der Waals surface area contributed by atoms with Crippen LogP contribution >= 0.6 is 0 Å². The van der Waals surface area contributed by atoms with Crippen molar-refractivity contribution in [2.45, 2.75) is 0 Å². The molecule has 0 aliphatic rings. The highest BCUT2D eigenvalue weighted by atomic mass is 16.5. The summed E-state index contributed by atoms with van der Waals surface area (Å²) in [6.45, 7) is 3.65. The van der Waals surface area contributed by atoms with Crippen LogP contribution in [0, 0.1) is 0 Å². The molecule has 1 aromatic heterocycles. The zero-order chi connectivity index (χ0) is 11.6. The van der Waals surface area contributed by atoms with Gasteiger partial charge in [-0.3, -0.25) is 0 Å². The molecule has 0 unspecified atom stereocenters. The summed E-state index contributed by atoms with van der Waals surface area (Å²) in [6, 6.07) is 9.47. The maximum atomic E-state index is 4.98. The van der Waals surface area contributed by atoms with Crippen LogP contribution in [0.15, 0.2) is 49.3 Å². The van der Waals surface area contributed by atoms with E-state index >= 15 is 0 Å². The molecule has 4 heteroatoms. The average molecular weight is 215 g/mol. The van der Waals surface area contributed by atoms with Gasteiger partial charge in [0.2, 0.25) is 0 Å². The molecule has 0 fully saturated rings. The van der Waals surface area contributed by atoms with Crippen LogP contribution in [0.3, 0.4) is 0 Å². The number of methoxy groups -OCH3 is 1. The number of aromatic nitrogens is 3. The molecule has 2 rings (SSSR count). The van der Waals surface area contributed by atoms with E-state index in [1.165, 1.54) is 0 Å². The van der Waals surface area contributed by atoms with Crippen molar-refractivity contribution in [3.05, 3.63) is 54.9 Å². The second-order valence-electron chi connectivity index (χ2n) is 2.79. The fourth-order valence-corrected chi connectivity index (χ4v) is 0.945. The lowest BCUT2D eigenvalue weighted by atomic mass is 10.2. The zero-order valence-electron chi connectivity index (χ0n) is 9.08. The number of hydrogen-bond acceptors (Lipinski definition) is 4. The molecule has 82 valence electrons. The first-order chi connectivity index (χ1) is 7.86. The lowest BCUT2D eigenvalue weighted by molar-refractivity contribution is 0.415. The van der Waals surface area contributed by atoms with Crippen LogP contribution < -0.4 is 4.74 Å². The Morgan fingerprint density at radius 2 is 1.75 bits per heavy atom. The van der Waals surface area contributed by atoms with Crippen molar-refractivity contribution in [1.82, 2.24) is 15.4 Å². The molecule has 0 saturated carbocycles. The van der Waals surface area contributed by atoms with Crippen LogP contribution in [0.2, 0.25) is 0 Å². The van der Waals surface area contributed by atoms with Crippen molar-refractivity contribution in [3.63, 3.8) is 0 Å². The van der Waals surface area contributed by atoms with E-state index in [4.69, 9.17) is 4.74 Å². The number of ether oxygens (including phenoxy) is 1. The molecule has 2 aromatic rings. The fraction of sp³-hybridized carbons (Fsp3) is 0.0833. The van der Waals surface area contributed by atoms with Gasteiger partial charge >= 0.3 is 0 Å². The molecular weight excluding hydrogens is 202 g/mol. The molecule has 0 radical (unpaired) electrons. The van der Waals surface area contributed by atoms with Crippen molar-refractivity contribution in [1.29, 1.82) is 0 Å². The predicted octanol–water partition coefficient (Wildman–Crippen LogP) is 2.21. The molecule has 16 heavy (non-hydrogen) atoms. The van der Waals surface area contributed by atoms with Gasteiger partial charge in [-0.05, 0) is 29.0 Å². The largest absolute Gasteiger partial charge is 0.497 e. The number of benzene rings is 1. The molecule has 0 aliphatic carbocycles. The number of rotatable bonds is 2. The molecule has 4 nitrogen and oxygen atoms in total. The molecule has 0 spiro atoms. The number of nitrogens with zero attached hydrogens (tertiary/aromatic N) is 3. The summed E-state index contributed by atoms with van der Waals surface area (Å²) in [7, 11) is 1.66. The summed E-state index contributed by atoms with van der Waals surface area (Å²) < 4.78 is 4.98. The predicted molar refractivity (Wildman–Crippen MR) is 62.9 cm³/mol. The Bertz CT molecular complexity index is 374. The van der Waals surface area contributed by atoms with Crippen molar-refractivity contribution in [2.75, 3.05) is 7.11 Å². The molecule has 1 aromatic carbocycles. The summed E-state index contributed by atoms with van der Waals surface area (Å²) in [6.07, 6.45) is 4.96. The van der Waals surface area contributed by atoms with Gasteiger partial charge < -0.3 is 4.74 Å². The van der Waals surface area contributed by atoms with E-state index < -0.39 is 0 Å². The summed E-state index contributed by atoms with van der Waals surface area (Å²) in [5.41, 5.74) is 1.11. The van der Waals surface area contributed by atoms with Crippen LogP contribution in [0.4, 0.5) is 0 Å². The second kappa shape index (κ2) is 7.11. The molecule has 0 aliphatic heterocycles. The topological polar surface area (TPSA) is 47.9 Å². The van der Waals surface area contributed by atoms with Crippen molar-refractivity contribution >= 4 is 6.08 Å². The Balaban J connectivity index is 0.000000181. The Kier molecular flexibility index (Phi) is 5.27. The van der Waals surface area contributed by atoms with Crippen LogP contribution in [0.1, 0.15) is 5.56 Å². The standard InChI is InChI=1S/C9H10O.C3H3N3/c1-3-8-4-6-9(10-2)7-5-8;1-2-4-6-5-3-1/h3-7H,1H2,2H3;1-3H. The van der Waals surface area contributed by atoms with Crippen LogP contribution in [-0.4, -0.2) is 22.5 Å². The van der Waals surface area contributed by atoms with Gasteiger partial charge in [0.05, 0.1) is 19.5 Å². The summed E-state index contributed by atoms with van der Waals surface area (Å²) in [5, 5.41) is 10.1. The van der Waals surface area contributed by atoms with Gasteiger partial charge in [-0.1, -0.05) is 24.8 Å². The van der Waals surface area contributed by atoms with Gasteiger partial charge in [0, 0.05) is 0 Å². The molecule has 0 amide bonds. The van der Waals surface area contributed by atoms with Crippen LogP contribution in [0.5, 0.6) is 5.75 Å². The molecule has 0 bridgehead atoms. The molecule has 0 atom stereocenters. The van der Waals surface area contributed by atoms with Gasteiger partial charge in [0.15, 0.2) is 0 Å². The Hall–Kier alpha value is -2.23. The first kappa shape index (κ1) is 11.8.